The topological polar surface area (TPSA) is 50.8 Å². The summed E-state index contributed by atoms with van der Waals surface area (Å²) in [6, 6.07) is 4.02. The van der Waals surface area contributed by atoms with Gasteiger partial charge >= 0.3 is 0 Å². The molecule has 5 rings (SSSR count). The van der Waals surface area contributed by atoms with Gasteiger partial charge in [0.05, 0.1) is 0 Å². The summed E-state index contributed by atoms with van der Waals surface area (Å²) in [7, 11) is 0. The van der Waals surface area contributed by atoms with Crippen LogP contribution in [0.15, 0.2) is 12.3 Å². The van der Waals surface area contributed by atoms with Gasteiger partial charge in [-0.3, -0.25) is 4.68 Å². The average molecular weight is 438 g/mol. The Morgan fingerprint density at radius 1 is 1.16 bits per heavy atom. The summed E-state index contributed by atoms with van der Waals surface area (Å²) in [5, 5.41) is 13.6. The molecule has 176 valence electrons. The lowest BCUT2D eigenvalue weighted by molar-refractivity contribution is -0.0786. The van der Waals surface area contributed by atoms with E-state index in [1.807, 2.05) is 16.9 Å². The van der Waals surface area contributed by atoms with E-state index in [1.54, 1.807) is 0 Å². The summed E-state index contributed by atoms with van der Waals surface area (Å²) in [5.41, 5.74) is 1.05. The van der Waals surface area contributed by atoms with E-state index in [0.29, 0.717) is 17.0 Å². The van der Waals surface area contributed by atoms with Crippen LogP contribution in [-0.4, -0.2) is 23.0 Å². The molecule has 0 saturated heterocycles. The maximum absolute atomic E-state index is 9.10. The Kier molecular flexibility index (Phi) is 6.41. The van der Waals surface area contributed by atoms with Gasteiger partial charge in [0, 0.05) is 26.0 Å². The van der Waals surface area contributed by atoms with E-state index >= 15 is 0 Å². The van der Waals surface area contributed by atoms with Crippen LogP contribution in [0, 0.1) is 64.1 Å². The normalized spacial score (nSPS) is 41.9. The maximum Gasteiger partial charge on any atom is 0.162 e. The van der Waals surface area contributed by atoms with Crippen molar-refractivity contribution >= 4 is 0 Å². The van der Waals surface area contributed by atoms with Gasteiger partial charge in [-0.25, -0.2) is 0 Å². The second-order valence-electron chi connectivity index (χ2n) is 12.0. The van der Waals surface area contributed by atoms with E-state index < -0.39 is 0 Å². The SMILES string of the molecule is CCOCC1CCC2C(CCC3C2CCC2(C)C(C(C)Cn4ccc(C#N)n4)CCC32)C1. The minimum atomic E-state index is 0.505. The number of hydrogen-bond acceptors (Lipinski definition) is 3. The van der Waals surface area contributed by atoms with Crippen molar-refractivity contribution in [1.82, 2.24) is 9.78 Å². The molecule has 0 radical (unpaired) electrons. The zero-order valence-corrected chi connectivity index (χ0v) is 20.5. The minimum Gasteiger partial charge on any atom is -0.381 e. The minimum absolute atomic E-state index is 0.505. The molecule has 0 spiro atoms. The Morgan fingerprint density at radius 3 is 2.78 bits per heavy atom. The van der Waals surface area contributed by atoms with Gasteiger partial charge in [-0.2, -0.15) is 10.4 Å². The van der Waals surface area contributed by atoms with Gasteiger partial charge in [-0.15, -0.1) is 0 Å². The molecular weight excluding hydrogens is 394 g/mol. The molecule has 1 aromatic rings. The first kappa shape index (κ1) is 22.5. The highest BCUT2D eigenvalue weighted by Gasteiger charge is 2.57. The molecule has 0 amide bonds. The molecule has 9 unspecified atom stereocenters. The Hall–Kier alpha value is -1.34. The predicted molar refractivity (Wildman–Crippen MR) is 127 cm³/mol. The van der Waals surface area contributed by atoms with E-state index in [4.69, 9.17) is 10.00 Å². The molecule has 4 fully saturated rings. The van der Waals surface area contributed by atoms with Gasteiger partial charge in [0.2, 0.25) is 0 Å². The number of nitrogens with zero attached hydrogens (tertiary/aromatic N) is 3. The van der Waals surface area contributed by atoms with E-state index in [-0.39, 0.29) is 0 Å². The van der Waals surface area contributed by atoms with E-state index in [0.717, 1.165) is 61.2 Å². The lowest BCUT2D eigenvalue weighted by Crippen LogP contribution is -2.49. The summed E-state index contributed by atoms with van der Waals surface area (Å²) < 4.78 is 7.80. The number of aromatic nitrogens is 2. The summed E-state index contributed by atoms with van der Waals surface area (Å²) in [6.07, 6.45) is 15.0. The molecule has 4 heteroatoms. The van der Waals surface area contributed by atoms with E-state index in [1.165, 1.54) is 57.8 Å². The van der Waals surface area contributed by atoms with Crippen LogP contribution in [0.2, 0.25) is 0 Å². The molecule has 0 N–H and O–H groups in total. The molecule has 1 heterocycles. The molecule has 0 bridgehead atoms. The second-order valence-corrected chi connectivity index (χ2v) is 12.0. The Morgan fingerprint density at radius 2 is 2.00 bits per heavy atom. The maximum atomic E-state index is 9.10. The lowest BCUT2D eigenvalue weighted by atomic mass is 9.49. The first-order chi connectivity index (χ1) is 15.5. The Labute approximate surface area is 195 Å². The van der Waals surface area contributed by atoms with Crippen molar-refractivity contribution in [2.75, 3.05) is 13.2 Å². The summed E-state index contributed by atoms with van der Waals surface area (Å²) in [5.74, 6) is 7.13. The number of ether oxygens (including phenoxy) is 1. The molecular formula is C28H43N3O. The van der Waals surface area contributed by atoms with E-state index in [9.17, 15) is 0 Å². The number of hydrogen-bond donors (Lipinski definition) is 0. The smallest absolute Gasteiger partial charge is 0.162 e. The van der Waals surface area contributed by atoms with Crippen LogP contribution >= 0.6 is 0 Å². The van der Waals surface area contributed by atoms with Gasteiger partial charge < -0.3 is 4.74 Å². The van der Waals surface area contributed by atoms with Gasteiger partial charge in [0.1, 0.15) is 6.07 Å². The van der Waals surface area contributed by atoms with E-state index in [2.05, 4.69) is 31.9 Å². The molecule has 4 nitrogen and oxygen atoms in total. The average Bonchev–Trinajstić information content (AvgIpc) is 3.40. The van der Waals surface area contributed by atoms with Gasteiger partial charge in [-0.05, 0) is 124 Å². The summed E-state index contributed by atoms with van der Waals surface area (Å²) in [4.78, 5) is 0. The third-order valence-electron chi connectivity index (χ3n) is 10.6. The second kappa shape index (κ2) is 9.13. The van der Waals surface area contributed by atoms with Crippen molar-refractivity contribution in [2.24, 2.45) is 52.8 Å². The summed E-state index contributed by atoms with van der Waals surface area (Å²) in [6.45, 7) is 10.0. The summed E-state index contributed by atoms with van der Waals surface area (Å²) >= 11 is 0. The van der Waals surface area contributed by atoms with Gasteiger partial charge in [0.15, 0.2) is 5.69 Å². The molecule has 4 saturated carbocycles. The number of fused-ring (bicyclic) bond motifs is 5. The van der Waals surface area contributed by atoms with Crippen molar-refractivity contribution in [1.29, 1.82) is 5.26 Å². The van der Waals surface area contributed by atoms with Gasteiger partial charge in [-0.1, -0.05) is 13.8 Å². The van der Waals surface area contributed by atoms with Crippen LogP contribution in [0.5, 0.6) is 0 Å². The first-order valence-electron chi connectivity index (χ1n) is 13.5. The fourth-order valence-electron chi connectivity index (χ4n) is 9.31. The van der Waals surface area contributed by atoms with Crippen molar-refractivity contribution in [3.05, 3.63) is 18.0 Å². The fraction of sp³-hybridized carbons (Fsp3) is 0.857. The first-order valence-corrected chi connectivity index (χ1v) is 13.5. The van der Waals surface area contributed by atoms with Gasteiger partial charge in [0.25, 0.3) is 0 Å². The van der Waals surface area contributed by atoms with Crippen LogP contribution in [0.3, 0.4) is 0 Å². The van der Waals surface area contributed by atoms with Crippen LogP contribution in [0.1, 0.15) is 84.3 Å². The number of rotatable bonds is 6. The molecule has 0 aliphatic heterocycles. The molecule has 0 aromatic carbocycles. The molecule has 4 aliphatic rings. The fourth-order valence-corrected chi connectivity index (χ4v) is 9.31. The van der Waals surface area contributed by atoms with Crippen molar-refractivity contribution < 1.29 is 4.74 Å². The monoisotopic (exact) mass is 437 g/mol. The molecule has 9 atom stereocenters. The standard InChI is InChI=1S/C28H43N3O/c1-4-32-18-20-5-7-23-21(15-20)6-8-25-24(23)11-13-28(3)26(9-10-27(25)28)19(2)17-31-14-12-22(16-29)30-31/h12,14,19-21,23-27H,4-11,13,15,17-18H2,1-3H3. The largest absolute Gasteiger partial charge is 0.381 e. The van der Waals surface area contributed by atoms with Crippen molar-refractivity contribution in [3.63, 3.8) is 0 Å². The Balaban J connectivity index is 1.24. The van der Waals surface area contributed by atoms with Crippen LogP contribution in [0.4, 0.5) is 0 Å². The third kappa shape index (κ3) is 3.93. The van der Waals surface area contributed by atoms with Crippen molar-refractivity contribution in [2.45, 2.75) is 85.1 Å². The highest BCUT2D eigenvalue weighted by Crippen LogP contribution is 2.65. The van der Waals surface area contributed by atoms with Crippen molar-refractivity contribution in [3.8, 4) is 6.07 Å². The highest BCUT2D eigenvalue weighted by atomic mass is 16.5. The molecule has 4 aliphatic carbocycles. The predicted octanol–water partition coefficient (Wildman–Crippen LogP) is 6.31. The zero-order valence-electron chi connectivity index (χ0n) is 20.5. The van der Waals surface area contributed by atoms with Crippen LogP contribution in [0.25, 0.3) is 0 Å². The van der Waals surface area contributed by atoms with Crippen LogP contribution < -0.4 is 0 Å². The third-order valence-corrected chi connectivity index (χ3v) is 10.6. The van der Waals surface area contributed by atoms with Crippen LogP contribution in [-0.2, 0) is 11.3 Å². The number of nitriles is 1. The quantitative estimate of drug-likeness (QED) is 0.524. The zero-order chi connectivity index (χ0) is 22.3. The molecule has 32 heavy (non-hydrogen) atoms. The Bertz CT molecular complexity index is 827. The lowest BCUT2D eigenvalue weighted by Gasteiger charge is -2.57. The highest BCUT2D eigenvalue weighted by molar-refractivity contribution is 5.16. The molecule has 1 aromatic heterocycles.